The van der Waals surface area contributed by atoms with Gasteiger partial charge in [0.1, 0.15) is 0 Å². The van der Waals surface area contributed by atoms with Gasteiger partial charge in [-0.3, -0.25) is 4.79 Å². The Hall–Kier alpha value is -1.66. The highest BCUT2D eigenvalue weighted by Gasteiger charge is 2.29. The lowest BCUT2D eigenvalue weighted by Crippen LogP contribution is -2.41. The summed E-state index contributed by atoms with van der Waals surface area (Å²) in [6.07, 6.45) is 3.11. The van der Waals surface area contributed by atoms with Crippen molar-refractivity contribution in [1.29, 1.82) is 0 Å². The van der Waals surface area contributed by atoms with Crippen LogP contribution in [-0.2, 0) is 14.8 Å². The summed E-state index contributed by atoms with van der Waals surface area (Å²) in [6, 6.07) is 8.53. The van der Waals surface area contributed by atoms with E-state index in [-0.39, 0.29) is 5.91 Å². The monoisotopic (exact) mass is 336 g/mol. The summed E-state index contributed by atoms with van der Waals surface area (Å²) in [4.78, 5) is 12.0. The number of amides is 1. The maximum Gasteiger partial charge on any atom is 0.243 e. The highest BCUT2D eigenvalue weighted by molar-refractivity contribution is 7.89. The molecule has 0 saturated carbocycles. The van der Waals surface area contributed by atoms with Crippen molar-refractivity contribution in [2.45, 2.75) is 31.6 Å². The number of piperidine rings is 1. The molecule has 1 fully saturated rings. The van der Waals surface area contributed by atoms with Gasteiger partial charge in [-0.2, -0.15) is 4.31 Å². The van der Waals surface area contributed by atoms with Crippen LogP contribution in [0.25, 0.3) is 0 Å². The summed E-state index contributed by atoms with van der Waals surface area (Å²) >= 11 is 0. The first-order valence-corrected chi connectivity index (χ1v) is 9.31. The number of carbonyl (C=O) groups is 1. The second-order valence-electron chi connectivity index (χ2n) is 6.13. The lowest BCUT2D eigenvalue weighted by molar-refractivity contribution is -0.116. The Morgan fingerprint density at radius 2 is 1.83 bits per heavy atom. The van der Waals surface area contributed by atoms with Gasteiger partial charge in [-0.25, -0.2) is 8.42 Å². The zero-order chi connectivity index (χ0) is 16.9. The predicted octanol–water partition coefficient (Wildman–Crippen LogP) is 2.17. The summed E-state index contributed by atoms with van der Waals surface area (Å²) < 4.78 is 26.6. The van der Waals surface area contributed by atoms with E-state index in [1.54, 1.807) is 36.4 Å². The highest BCUT2D eigenvalue weighted by Crippen LogP contribution is 2.23. The molecule has 1 N–H and O–H groups in total. The Labute approximate surface area is 138 Å². The van der Waals surface area contributed by atoms with E-state index in [0.29, 0.717) is 30.4 Å². The molecule has 0 bridgehead atoms. The molecular weight excluding hydrogens is 312 g/mol. The molecule has 0 unspecified atom stereocenters. The van der Waals surface area contributed by atoms with Crippen molar-refractivity contribution in [1.82, 2.24) is 9.62 Å². The third-order valence-electron chi connectivity index (χ3n) is 3.94. The maximum atomic E-state index is 12.5. The van der Waals surface area contributed by atoms with Crippen LogP contribution in [0.5, 0.6) is 0 Å². The summed E-state index contributed by atoms with van der Waals surface area (Å²) in [5.41, 5.74) is 0.964. The average molecular weight is 336 g/mol. The summed E-state index contributed by atoms with van der Waals surface area (Å²) in [6.45, 7) is 5.36. The van der Waals surface area contributed by atoms with Gasteiger partial charge in [0, 0.05) is 25.7 Å². The number of nitrogens with one attached hydrogen (secondary N) is 1. The first-order chi connectivity index (χ1) is 10.9. The summed E-state index contributed by atoms with van der Waals surface area (Å²) in [5, 5.41) is 2.89. The molecule has 0 radical (unpaired) electrons. The Bertz CT molecular complexity index is 656. The van der Waals surface area contributed by atoms with Crippen LogP contribution in [0.2, 0.25) is 0 Å². The fourth-order valence-electron chi connectivity index (χ4n) is 2.65. The number of hydrogen-bond donors (Lipinski definition) is 1. The summed E-state index contributed by atoms with van der Waals surface area (Å²) in [5.74, 6) is 0.246. The minimum atomic E-state index is -3.40. The topological polar surface area (TPSA) is 66.5 Å². The largest absolute Gasteiger partial charge is 0.352 e. The molecule has 6 heteroatoms. The van der Waals surface area contributed by atoms with Crippen molar-refractivity contribution >= 4 is 15.9 Å². The Balaban J connectivity index is 1.87. The van der Waals surface area contributed by atoms with E-state index < -0.39 is 10.0 Å². The van der Waals surface area contributed by atoms with Crippen molar-refractivity contribution in [2.24, 2.45) is 5.92 Å². The van der Waals surface area contributed by atoms with Gasteiger partial charge >= 0.3 is 0 Å². The van der Waals surface area contributed by atoms with Gasteiger partial charge in [0.15, 0.2) is 0 Å². The molecule has 23 heavy (non-hydrogen) atoms. The van der Waals surface area contributed by atoms with Gasteiger partial charge in [0.2, 0.25) is 15.9 Å². The Morgan fingerprint density at radius 1 is 1.22 bits per heavy atom. The number of sulfonamides is 1. The molecule has 1 aliphatic heterocycles. The van der Waals surface area contributed by atoms with E-state index in [1.807, 2.05) is 13.8 Å². The van der Waals surface area contributed by atoms with Gasteiger partial charge in [-0.05, 0) is 44.7 Å². The number of nitrogens with zero attached hydrogens (tertiary/aromatic N) is 1. The number of allylic oxidation sites excluding steroid dienone is 1. The average Bonchev–Trinajstić information content (AvgIpc) is 2.53. The highest BCUT2D eigenvalue weighted by atomic mass is 32.2. The van der Waals surface area contributed by atoms with E-state index in [4.69, 9.17) is 0 Å². The number of rotatable bonds is 5. The summed E-state index contributed by atoms with van der Waals surface area (Å²) in [7, 11) is -3.40. The minimum Gasteiger partial charge on any atom is -0.352 e. The lowest BCUT2D eigenvalue weighted by Gasteiger charge is -2.31. The van der Waals surface area contributed by atoms with Crippen LogP contribution in [0.4, 0.5) is 0 Å². The molecule has 0 aromatic heterocycles. The molecule has 0 atom stereocenters. The first kappa shape index (κ1) is 17.7. The zero-order valence-electron chi connectivity index (χ0n) is 13.7. The molecule has 1 aliphatic rings. The SMILES string of the molecule is CC(C)=CC(=O)NCC1CCN(S(=O)(=O)c2ccccc2)CC1. The fraction of sp³-hybridized carbons (Fsp3) is 0.471. The van der Waals surface area contributed by atoms with Gasteiger partial charge in [0.25, 0.3) is 0 Å². The van der Waals surface area contributed by atoms with Crippen LogP contribution < -0.4 is 5.32 Å². The third-order valence-corrected chi connectivity index (χ3v) is 5.85. The van der Waals surface area contributed by atoms with E-state index in [2.05, 4.69) is 5.32 Å². The smallest absolute Gasteiger partial charge is 0.243 e. The van der Waals surface area contributed by atoms with Gasteiger partial charge in [-0.1, -0.05) is 23.8 Å². The van der Waals surface area contributed by atoms with Crippen LogP contribution in [0.1, 0.15) is 26.7 Å². The zero-order valence-corrected chi connectivity index (χ0v) is 14.5. The van der Waals surface area contributed by atoms with Gasteiger partial charge < -0.3 is 5.32 Å². The van der Waals surface area contributed by atoms with Crippen molar-refractivity contribution in [3.63, 3.8) is 0 Å². The Kier molecular flexibility index (Phi) is 5.96. The molecule has 1 aromatic carbocycles. The molecule has 1 saturated heterocycles. The van der Waals surface area contributed by atoms with Crippen LogP contribution >= 0.6 is 0 Å². The van der Waals surface area contributed by atoms with Crippen molar-refractivity contribution in [3.8, 4) is 0 Å². The molecule has 0 aliphatic carbocycles. The maximum absolute atomic E-state index is 12.5. The quantitative estimate of drug-likeness (QED) is 0.838. The lowest BCUT2D eigenvalue weighted by atomic mass is 9.98. The first-order valence-electron chi connectivity index (χ1n) is 7.87. The molecule has 5 nitrogen and oxygen atoms in total. The minimum absolute atomic E-state index is 0.0793. The van der Waals surface area contributed by atoms with Crippen LogP contribution in [0.15, 0.2) is 46.9 Å². The van der Waals surface area contributed by atoms with Crippen LogP contribution in [0.3, 0.4) is 0 Å². The number of carbonyl (C=O) groups excluding carboxylic acids is 1. The molecule has 1 heterocycles. The van der Waals surface area contributed by atoms with E-state index >= 15 is 0 Å². The van der Waals surface area contributed by atoms with Crippen molar-refractivity contribution in [2.75, 3.05) is 19.6 Å². The normalized spacial score (nSPS) is 16.8. The molecule has 2 rings (SSSR count). The fourth-order valence-corrected chi connectivity index (χ4v) is 4.14. The van der Waals surface area contributed by atoms with E-state index in [1.165, 1.54) is 4.31 Å². The second-order valence-corrected chi connectivity index (χ2v) is 8.07. The molecule has 1 aromatic rings. The molecular formula is C17H24N2O3S. The third kappa shape index (κ3) is 4.91. The Morgan fingerprint density at radius 3 is 2.39 bits per heavy atom. The standard InChI is InChI=1S/C17H24N2O3S/c1-14(2)12-17(20)18-13-15-8-10-19(11-9-15)23(21,22)16-6-4-3-5-7-16/h3-7,12,15H,8-11,13H2,1-2H3,(H,18,20). The molecule has 126 valence electrons. The number of hydrogen-bond acceptors (Lipinski definition) is 3. The van der Waals surface area contributed by atoms with Crippen LogP contribution in [0, 0.1) is 5.92 Å². The van der Waals surface area contributed by atoms with E-state index in [0.717, 1.165) is 18.4 Å². The molecule has 1 amide bonds. The molecule has 0 spiro atoms. The van der Waals surface area contributed by atoms with Gasteiger partial charge in [0.05, 0.1) is 4.90 Å². The predicted molar refractivity (Wildman–Crippen MR) is 90.4 cm³/mol. The van der Waals surface area contributed by atoms with Crippen molar-refractivity contribution < 1.29 is 13.2 Å². The van der Waals surface area contributed by atoms with Crippen molar-refractivity contribution in [3.05, 3.63) is 42.0 Å². The van der Waals surface area contributed by atoms with Crippen LogP contribution in [-0.4, -0.2) is 38.3 Å². The van der Waals surface area contributed by atoms with Gasteiger partial charge in [-0.15, -0.1) is 0 Å². The second kappa shape index (κ2) is 7.75. The number of benzene rings is 1. The van der Waals surface area contributed by atoms with E-state index in [9.17, 15) is 13.2 Å².